The molecule has 0 aromatic heterocycles. The van der Waals surface area contributed by atoms with Crippen LogP contribution in [-0.4, -0.2) is 13.1 Å². The summed E-state index contributed by atoms with van der Waals surface area (Å²) in [5.74, 6) is 0.460. The van der Waals surface area contributed by atoms with Crippen LogP contribution in [0.25, 0.3) is 0 Å². The Bertz CT molecular complexity index is 365. The van der Waals surface area contributed by atoms with Gasteiger partial charge in [-0.25, -0.2) is 4.79 Å². The second kappa shape index (κ2) is 5.95. The maximum Gasteiger partial charge on any atom is 0.331 e. The zero-order valence-electron chi connectivity index (χ0n) is 9.77. The molecule has 3 nitrogen and oxygen atoms in total. The number of carbonyl (C=O) groups is 1. The average Bonchev–Trinajstić information content (AvgIpc) is 2.29. The Morgan fingerprint density at radius 3 is 2.44 bits per heavy atom. The summed E-state index contributed by atoms with van der Waals surface area (Å²) in [6.45, 7) is 3.61. The van der Waals surface area contributed by atoms with Gasteiger partial charge in [0.05, 0.1) is 7.11 Å². The first kappa shape index (κ1) is 12.3. The second-order valence-electron chi connectivity index (χ2n) is 3.35. The zero-order valence-corrected chi connectivity index (χ0v) is 9.77. The lowest BCUT2D eigenvalue weighted by Gasteiger charge is -2.12. The normalized spacial score (nSPS) is 12.4. The highest BCUT2D eigenvalue weighted by Gasteiger charge is 2.09. The summed E-state index contributed by atoms with van der Waals surface area (Å²) in [4.78, 5) is 11.2. The van der Waals surface area contributed by atoms with Crippen molar-refractivity contribution in [3.63, 3.8) is 0 Å². The maximum absolute atomic E-state index is 11.2. The van der Waals surface area contributed by atoms with Crippen LogP contribution in [0.15, 0.2) is 36.4 Å². The summed E-state index contributed by atoms with van der Waals surface area (Å²) in [5, 5.41) is 0. The maximum atomic E-state index is 11.2. The Morgan fingerprint density at radius 1 is 1.31 bits per heavy atom. The smallest absolute Gasteiger partial charge is 0.331 e. The quantitative estimate of drug-likeness (QED) is 0.578. The van der Waals surface area contributed by atoms with Gasteiger partial charge in [0.25, 0.3) is 0 Å². The number of benzene rings is 1. The molecule has 3 heteroatoms. The standard InChI is InChI=1S/C13H16O3/c1-4-5-13(14)16-10(2)11-6-8-12(15-3)9-7-11/h4-10H,1-3H3/b5-4+. The van der Waals surface area contributed by atoms with Gasteiger partial charge in [0.1, 0.15) is 11.9 Å². The average molecular weight is 220 g/mol. The van der Waals surface area contributed by atoms with Crippen LogP contribution in [0.3, 0.4) is 0 Å². The summed E-state index contributed by atoms with van der Waals surface area (Å²) in [6.07, 6.45) is 2.80. The topological polar surface area (TPSA) is 35.5 Å². The van der Waals surface area contributed by atoms with Crippen LogP contribution in [-0.2, 0) is 9.53 Å². The van der Waals surface area contributed by atoms with Gasteiger partial charge in [-0.2, -0.15) is 0 Å². The number of hydrogen-bond acceptors (Lipinski definition) is 3. The highest BCUT2D eigenvalue weighted by molar-refractivity contribution is 5.82. The molecule has 0 amide bonds. The third-order valence-corrected chi connectivity index (χ3v) is 2.18. The van der Waals surface area contributed by atoms with Gasteiger partial charge in [0.2, 0.25) is 0 Å². The molecule has 0 aliphatic rings. The molecule has 0 heterocycles. The Balaban J connectivity index is 2.65. The molecule has 0 bridgehead atoms. The van der Waals surface area contributed by atoms with E-state index in [2.05, 4.69) is 0 Å². The van der Waals surface area contributed by atoms with Gasteiger partial charge >= 0.3 is 5.97 Å². The number of ether oxygens (including phenoxy) is 2. The van der Waals surface area contributed by atoms with Crippen molar-refractivity contribution in [2.45, 2.75) is 20.0 Å². The van der Waals surface area contributed by atoms with E-state index < -0.39 is 0 Å². The number of methoxy groups -OCH3 is 1. The van der Waals surface area contributed by atoms with Gasteiger partial charge in [-0.3, -0.25) is 0 Å². The number of carbonyl (C=O) groups excluding carboxylic acids is 1. The van der Waals surface area contributed by atoms with Crippen LogP contribution in [0.1, 0.15) is 25.5 Å². The van der Waals surface area contributed by atoms with E-state index in [4.69, 9.17) is 9.47 Å². The molecule has 1 rings (SSSR count). The molecule has 86 valence electrons. The lowest BCUT2D eigenvalue weighted by Crippen LogP contribution is -2.05. The first-order valence-electron chi connectivity index (χ1n) is 5.14. The fraction of sp³-hybridized carbons (Fsp3) is 0.308. The first-order chi connectivity index (χ1) is 7.67. The summed E-state index contributed by atoms with van der Waals surface area (Å²) in [7, 11) is 1.62. The van der Waals surface area contributed by atoms with Crippen LogP contribution in [0.2, 0.25) is 0 Å². The molecule has 0 saturated carbocycles. The summed E-state index contributed by atoms with van der Waals surface area (Å²) < 4.78 is 10.2. The predicted octanol–water partition coefficient (Wildman–Crippen LogP) is 2.88. The van der Waals surface area contributed by atoms with Gasteiger partial charge in [-0.1, -0.05) is 18.2 Å². The Morgan fingerprint density at radius 2 is 1.94 bits per heavy atom. The molecule has 0 spiro atoms. The van der Waals surface area contributed by atoms with Crippen LogP contribution in [0.5, 0.6) is 5.75 Å². The highest BCUT2D eigenvalue weighted by atomic mass is 16.5. The van der Waals surface area contributed by atoms with Crippen molar-refractivity contribution in [3.05, 3.63) is 42.0 Å². The number of rotatable bonds is 4. The van der Waals surface area contributed by atoms with Crippen LogP contribution in [0, 0.1) is 0 Å². The van der Waals surface area contributed by atoms with Crippen LogP contribution in [0.4, 0.5) is 0 Å². The molecular weight excluding hydrogens is 204 g/mol. The van der Waals surface area contributed by atoms with E-state index >= 15 is 0 Å². The summed E-state index contributed by atoms with van der Waals surface area (Å²) in [5.41, 5.74) is 0.943. The van der Waals surface area contributed by atoms with Crippen molar-refractivity contribution in [3.8, 4) is 5.75 Å². The Kier molecular flexibility index (Phi) is 4.58. The molecule has 0 aliphatic heterocycles. The van der Waals surface area contributed by atoms with E-state index in [1.54, 1.807) is 20.1 Å². The van der Waals surface area contributed by atoms with Gasteiger partial charge in [-0.15, -0.1) is 0 Å². The molecule has 1 aromatic rings. The van der Waals surface area contributed by atoms with Crippen molar-refractivity contribution < 1.29 is 14.3 Å². The minimum Gasteiger partial charge on any atom is -0.497 e. The van der Waals surface area contributed by atoms with Crippen molar-refractivity contribution in [1.29, 1.82) is 0 Å². The van der Waals surface area contributed by atoms with Gasteiger partial charge in [0, 0.05) is 6.08 Å². The first-order valence-corrected chi connectivity index (χ1v) is 5.14. The molecule has 0 aliphatic carbocycles. The molecule has 0 N–H and O–H groups in total. The van der Waals surface area contributed by atoms with E-state index in [9.17, 15) is 4.79 Å². The summed E-state index contributed by atoms with van der Waals surface area (Å²) in [6, 6.07) is 7.45. The van der Waals surface area contributed by atoms with Crippen molar-refractivity contribution in [2.75, 3.05) is 7.11 Å². The van der Waals surface area contributed by atoms with Gasteiger partial charge in [-0.05, 0) is 31.5 Å². The Labute approximate surface area is 95.7 Å². The molecule has 0 radical (unpaired) electrons. The van der Waals surface area contributed by atoms with Crippen molar-refractivity contribution >= 4 is 5.97 Å². The van der Waals surface area contributed by atoms with E-state index in [0.717, 1.165) is 11.3 Å². The van der Waals surface area contributed by atoms with Crippen LogP contribution < -0.4 is 4.74 Å². The molecule has 0 fully saturated rings. The molecule has 0 saturated heterocycles. The van der Waals surface area contributed by atoms with E-state index in [1.165, 1.54) is 6.08 Å². The SMILES string of the molecule is C/C=C/C(=O)OC(C)c1ccc(OC)cc1. The van der Waals surface area contributed by atoms with E-state index in [1.807, 2.05) is 31.2 Å². The van der Waals surface area contributed by atoms with Crippen molar-refractivity contribution in [2.24, 2.45) is 0 Å². The van der Waals surface area contributed by atoms with Crippen molar-refractivity contribution in [1.82, 2.24) is 0 Å². The largest absolute Gasteiger partial charge is 0.497 e. The zero-order chi connectivity index (χ0) is 12.0. The number of allylic oxidation sites excluding steroid dienone is 1. The minimum absolute atomic E-state index is 0.255. The van der Waals surface area contributed by atoms with E-state index in [0.29, 0.717) is 0 Å². The third kappa shape index (κ3) is 3.42. The third-order valence-electron chi connectivity index (χ3n) is 2.18. The van der Waals surface area contributed by atoms with Gasteiger partial charge < -0.3 is 9.47 Å². The summed E-state index contributed by atoms with van der Waals surface area (Å²) >= 11 is 0. The lowest BCUT2D eigenvalue weighted by atomic mass is 10.1. The molecular formula is C13H16O3. The van der Waals surface area contributed by atoms with Crippen LogP contribution >= 0.6 is 0 Å². The molecule has 1 atom stereocenters. The van der Waals surface area contributed by atoms with Gasteiger partial charge in [0.15, 0.2) is 0 Å². The monoisotopic (exact) mass is 220 g/mol. The number of esters is 1. The molecule has 1 aromatic carbocycles. The fourth-order valence-corrected chi connectivity index (χ4v) is 1.29. The highest BCUT2D eigenvalue weighted by Crippen LogP contribution is 2.20. The molecule has 1 unspecified atom stereocenters. The second-order valence-corrected chi connectivity index (χ2v) is 3.35. The predicted molar refractivity (Wildman–Crippen MR) is 62.3 cm³/mol. The minimum atomic E-state index is -0.328. The molecule has 16 heavy (non-hydrogen) atoms. The van der Waals surface area contributed by atoms with E-state index in [-0.39, 0.29) is 12.1 Å². The number of hydrogen-bond donors (Lipinski definition) is 0. The fourth-order valence-electron chi connectivity index (χ4n) is 1.29. The Hall–Kier alpha value is -1.77. The lowest BCUT2D eigenvalue weighted by molar-refractivity contribution is -0.142.